The van der Waals surface area contributed by atoms with Gasteiger partial charge in [0.1, 0.15) is 0 Å². The minimum Gasteiger partial charge on any atom is -0.370 e. The highest BCUT2D eigenvalue weighted by Crippen LogP contribution is 2.23. The van der Waals surface area contributed by atoms with Crippen LogP contribution in [0, 0.1) is 0 Å². The van der Waals surface area contributed by atoms with Crippen LogP contribution in [0.1, 0.15) is 23.2 Å². The third kappa shape index (κ3) is 3.82. The van der Waals surface area contributed by atoms with Gasteiger partial charge in [-0.2, -0.15) is 0 Å². The van der Waals surface area contributed by atoms with Crippen molar-refractivity contribution in [2.24, 2.45) is 5.73 Å². The lowest BCUT2D eigenvalue weighted by atomic mass is 10.1. The Balaban J connectivity index is 2.05. The van der Waals surface area contributed by atoms with E-state index in [4.69, 9.17) is 5.73 Å². The van der Waals surface area contributed by atoms with Gasteiger partial charge in [-0.1, -0.05) is 12.1 Å². The third-order valence-corrected chi connectivity index (χ3v) is 3.54. The molecule has 0 spiro atoms. The van der Waals surface area contributed by atoms with E-state index >= 15 is 0 Å². The summed E-state index contributed by atoms with van der Waals surface area (Å²) in [7, 11) is 0. The smallest absolute Gasteiger partial charge is 0.252 e. The Morgan fingerprint density at radius 1 is 1.18 bits per heavy atom. The second kappa shape index (κ2) is 7.04. The number of pyridine rings is 1. The Bertz CT molecular complexity index is 746. The molecule has 6 nitrogen and oxygen atoms in total. The van der Waals surface area contributed by atoms with Gasteiger partial charge in [-0.05, 0) is 12.1 Å². The summed E-state index contributed by atoms with van der Waals surface area (Å²) in [6.45, 7) is -0.153. The molecule has 0 radical (unpaired) electrons. The van der Waals surface area contributed by atoms with Crippen molar-refractivity contribution in [1.29, 1.82) is 0 Å². The number of nitrogens with two attached hydrogens (primary N) is 1. The Labute approximate surface area is 132 Å². The molecule has 0 bridgehead atoms. The standard InChI is InChI=1S/C15H15N3O3S/c16-12(20)6-4-10(19)8-18-15(21)11-5-3-9-2-1-7-17-13(9)14(11)22/h1-3,5,7,22H,4,6,8H2,(H2,16,20)(H,18,21). The first-order valence-corrected chi connectivity index (χ1v) is 7.08. The average molecular weight is 317 g/mol. The van der Waals surface area contributed by atoms with E-state index in [0.717, 1.165) is 5.39 Å². The maximum Gasteiger partial charge on any atom is 0.252 e. The highest BCUT2D eigenvalue weighted by Gasteiger charge is 2.14. The molecule has 3 N–H and O–H groups in total. The molecule has 0 aliphatic carbocycles. The summed E-state index contributed by atoms with van der Waals surface area (Å²) >= 11 is 4.35. The first-order chi connectivity index (χ1) is 10.5. The number of Topliss-reactive ketones (excluding diaryl/α,β-unsaturated/α-hetero) is 1. The van der Waals surface area contributed by atoms with Crippen LogP contribution >= 0.6 is 12.6 Å². The first kappa shape index (κ1) is 16.0. The number of aromatic nitrogens is 1. The number of primary amides is 1. The molecule has 114 valence electrons. The fourth-order valence-corrected chi connectivity index (χ4v) is 2.30. The largest absolute Gasteiger partial charge is 0.370 e. The monoisotopic (exact) mass is 317 g/mol. The molecule has 2 amide bonds. The molecule has 7 heteroatoms. The molecular formula is C15H15N3O3S. The van der Waals surface area contributed by atoms with Crippen molar-refractivity contribution in [2.45, 2.75) is 17.7 Å². The van der Waals surface area contributed by atoms with Crippen molar-refractivity contribution in [3.8, 4) is 0 Å². The van der Waals surface area contributed by atoms with Gasteiger partial charge in [0, 0.05) is 29.3 Å². The second-order valence-electron chi connectivity index (χ2n) is 4.72. The van der Waals surface area contributed by atoms with Crippen molar-refractivity contribution < 1.29 is 14.4 Å². The van der Waals surface area contributed by atoms with Crippen molar-refractivity contribution in [3.05, 3.63) is 36.0 Å². The molecule has 1 heterocycles. The van der Waals surface area contributed by atoms with Crippen LogP contribution in [0.5, 0.6) is 0 Å². The number of carbonyl (C=O) groups excluding carboxylic acids is 3. The van der Waals surface area contributed by atoms with E-state index in [1.165, 1.54) is 0 Å². The number of thiol groups is 1. The Morgan fingerprint density at radius 3 is 2.68 bits per heavy atom. The molecule has 0 aliphatic rings. The highest BCUT2D eigenvalue weighted by atomic mass is 32.1. The van der Waals surface area contributed by atoms with E-state index in [9.17, 15) is 14.4 Å². The maximum absolute atomic E-state index is 12.1. The lowest BCUT2D eigenvalue weighted by Crippen LogP contribution is -2.30. The van der Waals surface area contributed by atoms with Crippen LogP contribution in [0.3, 0.4) is 0 Å². The number of benzene rings is 1. The fourth-order valence-electron chi connectivity index (χ4n) is 1.94. The summed E-state index contributed by atoms with van der Waals surface area (Å²) in [5.41, 5.74) is 5.93. The molecule has 0 aliphatic heterocycles. The molecule has 0 fully saturated rings. The zero-order chi connectivity index (χ0) is 16.1. The van der Waals surface area contributed by atoms with Crippen molar-refractivity contribution in [1.82, 2.24) is 10.3 Å². The van der Waals surface area contributed by atoms with Gasteiger partial charge in [0.2, 0.25) is 5.91 Å². The predicted octanol–water partition coefficient (Wildman–Crippen LogP) is 1.09. The Morgan fingerprint density at radius 2 is 1.95 bits per heavy atom. The second-order valence-corrected chi connectivity index (χ2v) is 5.17. The van der Waals surface area contributed by atoms with Gasteiger partial charge in [-0.15, -0.1) is 12.6 Å². The van der Waals surface area contributed by atoms with Gasteiger partial charge in [0.05, 0.1) is 17.6 Å². The minimum atomic E-state index is -0.544. The highest BCUT2D eigenvalue weighted by molar-refractivity contribution is 7.80. The average Bonchev–Trinajstić information content (AvgIpc) is 2.51. The summed E-state index contributed by atoms with van der Waals surface area (Å²) in [5.74, 6) is -1.21. The number of ketones is 1. The normalized spacial score (nSPS) is 10.4. The van der Waals surface area contributed by atoms with Crippen molar-refractivity contribution in [3.63, 3.8) is 0 Å². The molecular weight excluding hydrogens is 302 g/mol. The predicted molar refractivity (Wildman–Crippen MR) is 84.8 cm³/mol. The summed E-state index contributed by atoms with van der Waals surface area (Å²) in [6.07, 6.45) is 1.62. The summed E-state index contributed by atoms with van der Waals surface area (Å²) in [6, 6.07) is 7.07. The van der Waals surface area contributed by atoms with Crippen LogP contribution in [0.2, 0.25) is 0 Å². The van der Waals surface area contributed by atoms with Gasteiger partial charge < -0.3 is 11.1 Å². The molecule has 1 aromatic heterocycles. The number of hydrogen-bond acceptors (Lipinski definition) is 5. The van der Waals surface area contributed by atoms with Gasteiger partial charge >= 0.3 is 0 Å². The van der Waals surface area contributed by atoms with Gasteiger partial charge in [0.15, 0.2) is 5.78 Å². The Hall–Kier alpha value is -2.41. The minimum absolute atomic E-state index is 0.0165. The number of amides is 2. The first-order valence-electron chi connectivity index (χ1n) is 6.64. The van der Waals surface area contributed by atoms with Crippen LogP contribution in [0.25, 0.3) is 10.9 Å². The number of nitrogens with zero attached hydrogens (tertiary/aromatic N) is 1. The number of nitrogens with one attached hydrogen (secondary N) is 1. The summed E-state index contributed by atoms with van der Waals surface area (Å²) < 4.78 is 0. The fraction of sp³-hybridized carbons (Fsp3) is 0.200. The van der Waals surface area contributed by atoms with Crippen molar-refractivity contribution in [2.75, 3.05) is 6.54 Å². The SMILES string of the molecule is NC(=O)CCC(=O)CNC(=O)c1ccc2cccnc2c1S. The maximum atomic E-state index is 12.1. The number of fused-ring (bicyclic) bond motifs is 1. The quantitative estimate of drug-likeness (QED) is 0.694. The van der Waals surface area contributed by atoms with Gasteiger partial charge in [0.25, 0.3) is 5.91 Å². The van der Waals surface area contributed by atoms with Crippen LogP contribution in [0.4, 0.5) is 0 Å². The van der Waals surface area contributed by atoms with Crippen LogP contribution in [-0.2, 0) is 9.59 Å². The zero-order valence-corrected chi connectivity index (χ0v) is 12.6. The number of carbonyl (C=O) groups is 3. The Kier molecular flexibility index (Phi) is 5.11. The molecule has 2 rings (SSSR count). The molecule has 0 unspecified atom stereocenters. The van der Waals surface area contributed by atoms with Gasteiger partial charge in [-0.25, -0.2) is 0 Å². The molecule has 22 heavy (non-hydrogen) atoms. The van der Waals surface area contributed by atoms with Crippen LogP contribution in [0.15, 0.2) is 35.4 Å². The van der Waals surface area contributed by atoms with Gasteiger partial charge in [-0.3, -0.25) is 19.4 Å². The summed E-state index contributed by atoms with van der Waals surface area (Å²) in [5, 5.41) is 3.39. The van der Waals surface area contributed by atoms with Crippen molar-refractivity contribution >= 4 is 41.1 Å². The third-order valence-electron chi connectivity index (χ3n) is 3.09. The van der Waals surface area contributed by atoms with Crippen LogP contribution in [-0.4, -0.2) is 29.1 Å². The molecule has 2 aromatic rings. The zero-order valence-electron chi connectivity index (χ0n) is 11.7. The number of hydrogen-bond donors (Lipinski definition) is 3. The van der Waals surface area contributed by atoms with E-state index in [0.29, 0.717) is 16.0 Å². The number of rotatable bonds is 6. The summed E-state index contributed by atoms with van der Waals surface area (Å²) in [4.78, 5) is 38.9. The molecule has 1 aromatic carbocycles. The van der Waals surface area contributed by atoms with E-state index in [1.54, 1.807) is 24.4 Å². The van der Waals surface area contributed by atoms with E-state index in [2.05, 4.69) is 22.9 Å². The molecule has 0 saturated heterocycles. The van der Waals surface area contributed by atoms with E-state index in [1.807, 2.05) is 6.07 Å². The molecule has 0 saturated carbocycles. The lowest BCUT2D eigenvalue weighted by molar-refractivity contribution is -0.123. The van der Waals surface area contributed by atoms with Crippen LogP contribution < -0.4 is 11.1 Å². The van der Waals surface area contributed by atoms with E-state index < -0.39 is 11.8 Å². The van der Waals surface area contributed by atoms with E-state index in [-0.39, 0.29) is 25.2 Å². The molecule has 0 atom stereocenters. The topological polar surface area (TPSA) is 102 Å². The lowest BCUT2D eigenvalue weighted by Gasteiger charge is -2.08.